The lowest BCUT2D eigenvalue weighted by Gasteiger charge is -2.12. The highest BCUT2D eigenvalue weighted by molar-refractivity contribution is 9.10. The lowest BCUT2D eigenvalue weighted by molar-refractivity contribution is 0.102. The predicted molar refractivity (Wildman–Crippen MR) is 84.2 cm³/mol. The number of hydrogen-bond donors (Lipinski definition) is 2. The quantitative estimate of drug-likeness (QED) is 0.843. The molecule has 104 valence electrons. The van der Waals surface area contributed by atoms with E-state index in [9.17, 15) is 4.79 Å². The number of benzene rings is 2. The van der Waals surface area contributed by atoms with E-state index >= 15 is 0 Å². The molecule has 0 atom stereocenters. The van der Waals surface area contributed by atoms with Gasteiger partial charge in [0.25, 0.3) is 5.91 Å². The monoisotopic (exact) mass is 334 g/mol. The Labute approximate surface area is 126 Å². The molecule has 0 radical (unpaired) electrons. The van der Waals surface area contributed by atoms with E-state index in [2.05, 4.69) is 21.2 Å². The van der Waals surface area contributed by atoms with E-state index in [1.165, 1.54) is 0 Å². The highest BCUT2D eigenvalue weighted by atomic mass is 79.9. The molecule has 2 aromatic rings. The summed E-state index contributed by atoms with van der Waals surface area (Å²) < 4.78 is 5.85. The van der Waals surface area contributed by atoms with Gasteiger partial charge in [-0.05, 0) is 52.7 Å². The summed E-state index contributed by atoms with van der Waals surface area (Å²) in [6.45, 7) is 1.96. The molecule has 2 rings (SSSR count). The maximum atomic E-state index is 12.3. The SMILES string of the molecule is COc1cc(C)ccc1NC(=O)c1cccc(N)c1Br. The first-order valence-electron chi connectivity index (χ1n) is 6.03. The minimum absolute atomic E-state index is 0.244. The van der Waals surface area contributed by atoms with Crippen LogP contribution in [0.2, 0.25) is 0 Å². The highest BCUT2D eigenvalue weighted by Crippen LogP contribution is 2.28. The van der Waals surface area contributed by atoms with Crippen LogP contribution in [-0.2, 0) is 0 Å². The van der Waals surface area contributed by atoms with Crippen LogP contribution in [0.1, 0.15) is 15.9 Å². The summed E-state index contributed by atoms with van der Waals surface area (Å²) in [7, 11) is 1.57. The fourth-order valence-corrected chi connectivity index (χ4v) is 2.26. The molecule has 0 aliphatic heterocycles. The fourth-order valence-electron chi connectivity index (χ4n) is 1.82. The lowest BCUT2D eigenvalue weighted by Crippen LogP contribution is -2.14. The van der Waals surface area contributed by atoms with Gasteiger partial charge in [-0.1, -0.05) is 12.1 Å². The van der Waals surface area contributed by atoms with Gasteiger partial charge in [0, 0.05) is 5.69 Å². The molecule has 0 aromatic heterocycles. The standard InChI is InChI=1S/C15H15BrN2O2/c1-9-6-7-12(13(8-9)20-2)18-15(19)10-4-3-5-11(17)14(10)16/h3-8H,17H2,1-2H3,(H,18,19). The van der Waals surface area contributed by atoms with Crippen molar-refractivity contribution in [3.05, 3.63) is 52.0 Å². The number of amides is 1. The molecule has 2 aromatic carbocycles. The molecular weight excluding hydrogens is 320 g/mol. The van der Waals surface area contributed by atoms with Crippen molar-refractivity contribution in [2.75, 3.05) is 18.2 Å². The number of nitrogen functional groups attached to an aromatic ring is 1. The Kier molecular flexibility index (Phi) is 4.29. The second kappa shape index (κ2) is 5.96. The summed E-state index contributed by atoms with van der Waals surface area (Å²) in [4.78, 5) is 12.3. The van der Waals surface area contributed by atoms with Crippen LogP contribution in [0.3, 0.4) is 0 Å². The number of nitrogens with two attached hydrogens (primary N) is 1. The van der Waals surface area contributed by atoms with Gasteiger partial charge >= 0.3 is 0 Å². The summed E-state index contributed by atoms with van der Waals surface area (Å²) in [5, 5.41) is 2.82. The minimum Gasteiger partial charge on any atom is -0.495 e. The average molecular weight is 335 g/mol. The first-order chi connectivity index (χ1) is 9.52. The molecule has 0 saturated carbocycles. The summed E-state index contributed by atoms with van der Waals surface area (Å²) in [6.07, 6.45) is 0. The van der Waals surface area contributed by atoms with Crippen LogP contribution in [0.4, 0.5) is 11.4 Å². The minimum atomic E-state index is -0.244. The van der Waals surface area contributed by atoms with Gasteiger partial charge < -0.3 is 15.8 Å². The number of halogens is 1. The van der Waals surface area contributed by atoms with Crippen molar-refractivity contribution in [2.45, 2.75) is 6.92 Å². The molecule has 0 fully saturated rings. The van der Waals surface area contributed by atoms with E-state index in [-0.39, 0.29) is 5.91 Å². The molecule has 0 bridgehead atoms. The van der Waals surface area contributed by atoms with Crippen molar-refractivity contribution in [3.8, 4) is 5.75 Å². The molecule has 20 heavy (non-hydrogen) atoms. The summed E-state index contributed by atoms with van der Waals surface area (Å²) >= 11 is 3.32. The van der Waals surface area contributed by atoms with Gasteiger partial charge in [-0.3, -0.25) is 4.79 Å². The van der Waals surface area contributed by atoms with Crippen LogP contribution in [0.15, 0.2) is 40.9 Å². The third-order valence-electron chi connectivity index (χ3n) is 2.88. The maximum absolute atomic E-state index is 12.3. The second-order valence-corrected chi connectivity index (χ2v) is 5.16. The maximum Gasteiger partial charge on any atom is 0.256 e. The van der Waals surface area contributed by atoms with Gasteiger partial charge in [-0.2, -0.15) is 0 Å². The molecule has 5 heteroatoms. The Hall–Kier alpha value is -2.01. The van der Waals surface area contributed by atoms with Crippen molar-refractivity contribution in [3.63, 3.8) is 0 Å². The van der Waals surface area contributed by atoms with Crippen LogP contribution in [0.25, 0.3) is 0 Å². The smallest absolute Gasteiger partial charge is 0.256 e. The number of carbonyl (C=O) groups is 1. The van der Waals surface area contributed by atoms with Gasteiger partial charge in [0.1, 0.15) is 5.75 Å². The Balaban J connectivity index is 2.30. The molecule has 0 saturated heterocycles. The van der Waals surface area contributed by atoms with E-state index < -0.39 is 0 Å². The first kappa shape index (κ1) is 14.4. The van der Waals surface area contributed by atoms with Crippen LogP contribution >= 0.6 is 15.9 Å². The first-order valence-corrected chi connectivity index (χ1v) is 6.82. The average Bonchev–Trinajstić information content (AvgIpc) is 2.43. The van der Waals surface area contributed by atoms with Crippen LogP contribution < -0.4 is 15.8 Å². The molecule has 4 nitrogen and oxygen atoms in total. The third kappa shape index (κ3) is 2.93. The molecule has 3 N–H and O–H groups in total. The fraction of sp³-hybridized carbons (Fsp3) is 0.133. The van der Waals surface area contributed by atoms with Crippen molar-refractivity contribution in [1.29, 1.82) is 0 Å². The predicted octanol–water partition coefficient (Wildman–Crippen LogP) is 3.60. The topological polar surface area (TPSA) is 64.3 Å². The molecular formula is C15H15BrN2O2. The lowest BCUT2D eigenvalue weighted by atomic mass is 10.1. The third-order valence-corrected chi connectivity index (χ3v) is 3.76. The number of ether oxygens (including phenoxy) is 1. The van der Waals surface area contributed by atoms with E-state index in [1.807, 2.05) is 25.1 Å². The number of anilines is 2. The molecule has 0 unspecified atom stereocenters. The van der Waals surface area contributed by atoms with Crippen LogP contribution in [0.5, 0.6) is 5.75 Å². The Morgan fingerprint density at radius 2 is 2.05 bits per heavy atom. The molecule has 0 heterocycles. The largest absolute Gasteiger partial charge is 0.495 e. The summed E-state index contributed by atoms with van der Waals surface area (Å²) in [6, 6.07) is 10.8. The van der Waals surface area contributed by atoms with Gasteiger partial charge in [-0.15, -0.1) is 0 Å². The Bertz CT molecular complexity index is 656. The number of carbonyl (C=O) groups excluding carboxylic acids is 1. The van der Waals surface area contributed by atoms with Crippen molar-refractivity contribution in [2.24, 2.45) is 0 Å². The molecule has 1 amide bonds. The van der Waals surface area contributed by atoms with E-state index in [0.717, 1.165) is 5.56 Å². The van der Waals surface area contributed by atoms with Crippen molar-refractivity contribution >= 4 is 33.2 Å². The van der Waals surface area contributed by atoms with E-state index in [4.69, 9.17) is 10.5 Å². The van der Waals surface area contributed by atoms with Gasteiger partial charge in [-0.25, -0.2) is 0 Å². The van der Waals surface area contributed by atoms with Gasteiger partial charge in [0.05, 0.1) is 22.8 Å². The number of nitrogens with one attached hydrogen (secondary N) is 1. The van der Waals surface area contributed by atoms with Gasteiger partial charge in [0.15, 0.2) is 0 Å². The second-order valence-electron chi connectivity index (χ2n) is 4.37. The highest BCUT2D eigenvalue weighted by Gasteiger charge is 2.14. The Morgan fingerprint density at radius 3 is 2.75 bits per heavy atom. The zero-order chi connectivity index (χ0) is 14.7. The number of methoxy groups -OCH3 is 1. The van der Waals surface area contributed by atoms with Gasteiger partial charge in [0.2, 0.25) is 0 Å². The van der Waals surface area contributed by atoms with Crippen molar-refractivity contribution < 1.29 is 9.53 Å². The number of rotatable bonds is 3. The summed E-state index contributed by atoms with van der Waals surface area (Å²) in [5.41, 5.74) is 8.46. The van der Waals surface area contributed by atoms with Crippen LogP contribution in [0, 0.1) is 6.92 Å². The number of aryl methyl sites for hydroxylation is 1. The number of hydrogen-bond acceptors (Lipinski definition) is 3. The molecule has 0 spiro atoms. The molecule has 0 aliphatic carbocycles. The van der Waals surface area contributed by atoms with E-state index in [0.29, 0.717) is 27.2 Å². The zero-order valence-electron chi connectivity index (χ0n) is 11.2. The normalized spacial score (nSPS) is 10.2. The molecule has 0 aliphatic rings. The van der Waals surface area contributed by atoms with Crippen LogP contribution in [-0.4, -0.2) is 13.0 Å². The van der Waals surface area contributed by atoms with E-state index in [1.54, 1.807) is 25.3 Å². The summed E-state index contributed by atoms with van der Waals surface area (Å²) in [5.74, 6) is 0.379. The van der Waals surface area contributed by atoms with Crippen molar-refractivity contribution in [1.82, 2.24) is 0 Å². The Morgan fingerprint density at radius 1 is 1.30 bits per heavy atom. The zero-order valence-corrected chi connectivity index (χ0v) is 12.8.